The van der Waals surface area contributed by atoms with E-state index in [0.717, 1.165) is 22.1 Å². The molecule has 0 spiro atoms. The molecule has 2 heterocycles. The molecule has 0 unspecified atom stereocenters. The van der Waals surface area contributed by atoms with E-state index >= 15 is 0 Å². The Kier molecular flexibility index (Phi) is 6.70. The van der Waals surface area contributed by atoms with Gasteiger partial charge in [0.2, 0.25) is 5.75 Å². The van der Waals surface area contributed by atoms with Crippen LogP contribution in [0.5, 0.6) is 17.2 Å². The van der Waals surface area contributed by atoms with Crippen molar-refractivity contribution in [2.45, 2.75) is 0 Å². The van der Waals surface area contributed by atoms with Gasteiger partial charge in [-0.05, 0) is 48.5 Å². The predicted octanol–water partition coefficient (Wildman–Crippen LogP) is 5.23. The zero-order valence-corrected chi connectivity index (χ0v) is 19.1. The minimum Gasteiger partial charge on any atom is -0.493 e. The van der Waals surface area contributed by atoms with Crippen LogP contribution in [0.3, 0.4) is 0 Å². The third kappa shape index (κ3) is 5.04. The number of nitrogens with one attached hydrogen (secondary N) is 2. The fourth-order valence-electron chi connectivity index (χ4n) is 3.16. The number of amides is 1. The molecule has 0 bridgehead atoms. The van der Waals surface area contributed by atoms with E-state index in [0.29, 0.717) is 28.5 Å². The minimum absolute atomic E-state index is 0.295. The Morgan fingerprint density at radius 1 is 0.879 bits per heavy atom. The van der Waals surface area contributed by atoms with E-state index in [9.17, 15) is 4.79 Å². The van der Waals surface area contributed by atoms with Gasteiger partial charge in [0, 0.05) is 40.3 Å². The first-order chi connectivity index (χ1) is 16.1. The van der Waals surface area contributed by atoms with Crippen molar-refractivity contribution in [2.24, 2.45) is 0 Å². The molecule has 2 N–H and O–H groups in total. The predicted molar refractivity (Wildman–Crippen MR) is 129 cm³/mol. The summed E-state index contributed by atoms with van der Waals surface area (Å²) in [7, 11) is 4.53. The quantitative estimate of drug-likeness (QED) is 0.370. The summed E-state index contributed by atoms with van der Waals surface area (Å²) in [5, 5.41) is 8.92. The van der Waals surface area contributed by atoms with Crippen LogP contribution >= 0.6 is 11.3 Å². The number of carbonyl (C=O) groups is 1. The summed E-state index contributed by atoms with van der Waals surface area (Å²) in [6.07, 6.45) is 3.49. The molecule has 0 radical (unpaired) electrons. The number of benzene rings is 2. The lowest BCUT2D eigenvalue weighted by atomic mass is 10.1. The molecule has 4 aromatic rings. The molecule has 8 nitrogen and oxygen atoms in total. The largest absolute Gasteiger partial charge is 0.493 e. The molecule has 0 fully saturated rings. The highest BCUT2D eigenvalue weighted by Gasteiger charge is 2.17. The zero-order chi connectivity index (χ0) is 23.2. The summed E-state index contributed by atoms with van der Waals surface area (Å²) in [5.41, 5.74) is 3.80. The first kappa shape index (κ1) is 22.1. The molecule has 168 valence electrons. The highest BCUT2D eigenvalue weighted by molar-refractivity contribution is 7.14. The molecule has 0 aliphatic heterocycles. The molecule has 0 aliphatic rings. The number of hydrogen-bond donors (Lipinski definition) is 2. The van der Waals surface area contributed by atoms with Crippen molar-refractivity contribution in [2.75, 3.05) is 32.0 Å². The Labute approximate surface area is 195 Å². The molecule has 9 heteroatoms. The zero-order valence-electron chi connectivity index (χ0n) is 18.3. The number of hydrogen-bond acceptors (Lipinski definition) is 8. The smallest absolute Gasteiger partial charge is 0.255 e. The molecule has 1 amide bonds. The van der Waals surface area contributed by atoms with Crippen molar-refractivity contribution in [1.29, 1.82) is 0 Å². The number of methoxy groups -OCH3 is 3. The molecular weight excluding hydrogens is 440 g/mol. The van der Waals surface area contributed by atoms with E-state index in [1.165, 1.54) is 32.7 Å². The Balaban J connectivity index is 1.44. The number of rotatable bonds is 8. The van der Waals surface area contributed by atoms with Crippen LogP contribution in [0, 0.1) is 0 Å². The first-order valence-corrected chi connectivity index (χ1v) is 10.8. The summed E-state index contributed by atoms with van der Waals surface area (Å²) in [5.74, 6) is 0.963. The fourth-order valence-corrected chi connectivity index (χ4v) is 3.90. The first-order valence-electron chi connectivity index (χ1n) is 9.95. The second-order valence-corrected chi connectivity index (χ2v) is 7.70. The third-order valence-corrected chi connectivity index (χ3v) is 5.56. The van der Waals surface area contributed by atoms with Crippen molar-refractivity contribution in [3.05, 3.63) is 71.9 Å². The molecule has 0 atom stereocenters. The highest BCUT2D eigenvalue weighted by atomic mass is 32.1. The Hall–Kier alpha value is -4.11. The second-order valence-electron chi connectivity index (χ2n) is 6.84. The number of nitrogens with zero attached hydrogens (tertiary/aromatic N) is 2. The average molecular weight is 463 g/mol. The standard InChI is InChI=1S/C24H22N4O4S/c1-30-20-12-16(13-21(31-2)22(20)32-3)23(29)26-17-4-6-18(7-5-17)27-24-28-19(14-33-24)15-8-10-25-11-9-15/h4-14H,1-3H3,(H,26,29)(H,27,28). The maximum Gasteiger partial charge on any atom is 0.255 e. The second kappa shape index (κ2) is 10.0. The average Bonchev–Trinajstić information content (AvgIpc) is 3.33. The molecule has 0 saturated heterocycles. The van der Waals surface area contributed by atoms with Crippen LogP contribution in [0.15, 0.2) is 66.3 Å². The highest BCUT2D eigenvalue weighted by Crippen LogP contribution is 2.38. The maximum atomic E-state index is 12.8. The van der Waals surface area contributed by atoms with Crippen molar-refractivity contribution in [1.82, 2.24) is 9.97 Å². The van der Waals surface area contributed by atoms with Crippen LogP contribution < -0.4 is 24.8 Å². The monoisotopic (exact) mass is 462 g/mol. The van der Waals surface area contributed by atoms with Crippen LogP contribution in [0.1, 0.15) is 10.4 Å². The Bertz CT molecular complexity index is 1220. The van der Waals surface area contributed by atoms with Crippen molar-refractivity contribution in [3.8, 4) is 28.5 Å². The van der Waals surface area contributed by atoms with E-state index in [2.05, 4.69) is 20.6 Å². The number of anilines is 3. The van der Waals surface area contributed by atoms with E-state index < -0.39 is 0 Å². The molecule has 0 saturated carbocycles. The number of pyridine rings is 1. The topological polar surface area (TPSA) is 94.6 Å². The summed E-state index contributed by atoms with van der Waals surface area (Å²) < 4.78 is 15.9. The third-order valence-electron chi connectivity index (χ3n) is 4.80. The number of carbonyl (C=O) groups excluding carboxylic acids is 1. The van der Waals surface area contributed by atoms with Gasteiger partial charge in [-0.1, -0.05) is 0 Å². The van der Waals surface area contributed by atoms with Gasteiger partial charge >= 0.3 is 0 Å². The van der Waals surface area contributed by atoms with Gasteiger partial charge in [-0.2, -0.15) is 0 Å². The van der Waals surface area contributed by atoms with Crippen LogP contribution in [-0.4, -0.2) is 37.2 Å². The lowest BCUT2D eigenvalue weighted by Crippen LogP contribution is -2.12. The lowest BCUT2D eigenvalue weighted by Gasteiger charge is -2.14. The molecule has 0 aliphatic carbocycles. The van der Waals surface area contributed by atoms with Crippen LogP contribution in [0.2, 0.25) is 0 Å². The molecular formula is C24H22N4O4S. The van der Waals surface area contributed by atoms with Crippen molar-refractivity contribution >= 4 is 33.8 Å². The van der Waals surface area contributed by atoms with Crippen LogP contribution in [-0.2, 0) is 0 Å². The summed E-state index contributed by atoms with van der Waals surface area (Å²) in [6.45, 7) is 0. The van der Waals surface area contributed by atoms with Gasteiger partial charge in [-0.3, -0.25) is 9.78 Å². The van der Waals surface area contributed by atoms with E-state index in [1.54, 1.807) is 24.5 Å². The van der Waals surface area contributed by atoms with Gasteiger partial charge < -0.3 is 24.8 Å². The summed E-state index contributed by atoms with van der Waals surface area (Å²) in [4.78, 5) is 21.4. The van der Waals surface area contributed by atoms with Gasteiger partial charge in [0.25, 0.3) is 5.91 Å². The number of aromatic nitrogens is 2. The lowest BCUT2D eigenvalue weighted by molar-refractivity contribution is 0.102. The van der Waals surface area contributed by atoms with Crippen molar-refractivity contribution < 1.29 is 19.0 Å². The summed E-state index contributed by atoms with van der Waals surface area (Å²) >= 11 is 1.51. The molecule has 2 aromatic heterocycles. The summed E-state index contributed by atoms with van der Waals surface area (Å²) in [6, 6.07) is 14.4. The van der Waals surface area contributed by atoms with Gasteiger partial charge in [-0.15, -0.1) is 11.3 Å². The van der Waals surface area contributed by atoms with Gasteiger partial charge in [0.1, 0.15) is 0 Å². The molecule has 2 aromatic carbocycles. The Morgan fingerprint density at radius 3 is 2.12 bits per heavy atom. The van der Waals surface area contributed by atoms with Crippen LogP contribution in [0.25, 0.3) is 11.3 Å². The number of thiazole rings is 1. The molecule has 4 rings (SSSR count). The van der Waals surface area contributed by atoms with Crippen LogP contribution in [0.4, 0.5) is 16.5 Å². The van der Waals surface area contributed by atoms with Gasteiger partial charge in [0.05, 0.1) is 27.0 Å². The van der Waals surface area contributed by atoms with E-state index in [-0.39, 0.29) is 5.91 Å². The number of ether oxygens (including phenoxy) is 3. The van der Waals surface area contributed by atoms with Gasteiger partial charge in [-0.25, -0.2) is 4.98 Å². The fraction of sp³-hybridized carbons (Fsp3) is 0.125. The Morgan fingerprint density at radius 2 is 1.52 bits per heavy atom. The minimum atomic E-state index is -0.295. The van der Waals surface area contributed by atoms with E-state index in [1.807, 2.05) is 41.8 Å². The van der Waals surface area contributed by atoms with Gasteiger partial charge in [0.15, 0.2) is 16.6 Å². The van der Waals surface area contributed by atoms with E-state index in [4.69, 9.17) is 14.2 Å². The SMILES string of the molecule is COc1cc(C(=O)Nc2ccc(Nc3nc(-c4ccncc4)cs3)cc2)cc(OC)c1OC. The van der Waals surface area contributed by atoms with Crippen molar-refractivity contribution in [3.63, 3.8) is 0 Å². The molecule has 33 heavy (non-hydrogen) atoms. The normalized spacial score (nSPS) is 10.4. The maximum absolute atomic E-state index is 12.8.